The molecular formula is C18H31ClN4O. The second-order valence-electron chi connectivity index (χ2n) is 8.08. The van der Waals surface area contributed by atoms with Crippen molar-refractivity contribution in [3.63, 3.8) is 0 Å². The topological polar surface area (TPSA) is 55.9 Å². The zero-order valence-electron chi connectivity index (χ0n) is 16.2. The molecule has 5 nitrogen and oxygen atoms in total. The highest BCUT2D eigenvalue weighted by molar-refractivity contribution is 6.16. The Bertz CT molecular complexity index is 601. The average Bonchev–Trinajstić information content (AvgIpc) is 3.01. The Balaban J connectivity index is 0.000000240. The minimum atomic E-state index is 0.0551. The highest BCUT2D eigenvalue weighted by Crippen LogP contribution is 2.22. The molecule has 1 N–H and O–H groups in total. The molecule has 0 saturated carbocycles. The first-order chi connectivity index (χ1) is 10.9. The molecule has 0 spiro atoms. The van der Waals surface area contributed by atoms with Crippen LogP contribution in [0.4, 0.5) is 0 Å². The summed E-state index contributed by atoms with van der Waals surface area (Å²) in [5, 5.41) is 17.6. The summed E-state index contributed by atoms with van der Waals surface area (Å²) in [7, 11) is 3.77. The van der Waals surface area contributed by atoms with Gasteiger partial charge in [-0.25, -0.2) is 0 Å². The van der Waals surface area contributed by atoms with Gasteiger partial charge in [-0.1, -0.05) is 41.5 Å². The van der Waals surface area contributed by atoms with Gasteiger partial charge >= 0.3 is 0 Å². The van der Waals surface area contributed by atoms with Gasteiger partial charge in [0.15, 0.2) is 0 Å². The van der Waals surface area contributed by atoms with Crippen molar-refractivity contribution in [3.8, 4) is 0 Å². The molecule has 0 aliphatic rings. The summed E-state index contributed by atoms with van der Waals surface area (Å²) in [6.45, 7) is 12.8. The van der Waals surface area contributed by atoms with Crippen molar-refractivity contribution < 1.29 is 5.11 Å². The molecule has 0 atom stereocenters. The number of aliphatic hydroxyl groups is 1. The number of aromatic nitrogens is 4. The first-order valence-electron chi connectivity index (χ1n) is 8.13. The van der Waals surface area contributed by atoms with Gasteiger partial charge in [0.05, 0.1) is 35.3 Å². The summed E-state index contributed by atoms with van der Waals surface area (Å²) >= 11 is 5.73. The van der Waals surface area contributed by atoms with Crippen molar-refractivity contribution in [3.05, 3.63) is 34.9 Å². The van der Waals surface area contributed by atoms with Crippen molar-refractivity contribution in [2.45, 2.75) is 64.9 Å². The van der Waals surface area contributed by atoms with Crippen LogP contribution in [-0.2, 0) is 37.4 Å². The van der Waals surface area contributed by atoms with Crippen LogP contribution in [0.1, 0.15) is 64.3 Å². The molecule has 2 rings (SSSR count). The van der Waals surface area contributed by atoms with Gasteiger partial charge in [-0.15, -0.1) is 11.6 Å². The van der Waals surface area contributed by atoms with E-state index in [1.54, 1.807) is 4.68 Å². The lowest BCUT2D eigenvalue weighted by Gasteiger charge is -2.13. The fourth-order valence-electron chi connectivity index (χ4n) is 2.02. The Hall–Kier alpha value is -1.33. The molecule has 0 radical (unpaired) electrons. The molecule has 0 amide bonds. The number of alkyl halides is 1. The van der Waals surface area contributed by atoms with E-state index in [1.165, 1.54) is 0 Å². The lowest BCUT2D eigenvalue weighted by molar-refractivity contribution is 0.270. The summed E-state index contributed by atoms with van der Waals surface area (Å²) in [6, 6.07) is 4.01. The van der Waals surface area contributed by atoms with E-state index >= 15 is 0 Å². The lowest BCUT2D eigenvalue weighted by Crippen LogP contribution is -2.12. The molecule has 0 bridgehead atoms. The van der Waals surface area contributed by atoms with Crippen molar-refractivity contribution in [2.75, 3.05) is 0 Å². The van der Waals surface area contributed by atoms with Crippen LogP contribution in [0.3, 0.4) is 0 Å². The highest BCUT2D eigenvalue weighted by Gasteiger charge is 2.19. The van der Waals surface area contributed by atoms with Crippen LogP contribution in [0, 0.1) is 0 Å². The third-order valence-electron chi connectivity index (χ3n) is 3.79. The van der Waals surface area contributed by atoms with Crippen LogP contribution in [0.25, 0.3) is 0 Å². The number of hydrogen-bond donors (Lipinski definition) is 1. The fourth-order valence-corrected chi connectivity index (χ4v) is 2.27. The van der Waals surface area contributed by atoms with Crippen molar-refractivity contribution in [2.24, 2.45) is 14.1 Å². The molecule has 0 aromatic carbocycles. The molecule has 6 heteroatoms. The van der Waals surface area contributed by atoms with Gasteiger partial charge in [-0.05, 0) is 12.1 Å². The van der Waals surface area contributed by atoms with E-state index in [4.69, 9.17) is 16.7 Å². The monoisotopic (exact) mass is 354 g/mol. The summed E-state index contributed by atoms with van der Waals surface area (Å²) in [4.78, 5) is 0. The normalized spacial score (nSPS) is 12.1. The minimum Gasteiger partial charge on any atom is -0.390 e. The quantitative estimate of drug-likeness (QED) is 0.837. The van der Waals surface area contributed by atoms with E-state index in [0.29, 0.717) is 5.88 Å². The van der Waals surface area contributed by atoms with Crippen LogP contribution >= 0.6 is 11.6 Å². The second-order valence-corrected chi connectivity index (χ2v) is 8.35. The third kappa shape index (κ3) is 5.35. The highest BCUT2D eigenvalue weighted by atomic mass is 35.5. The number of hydrogen-bond acceptors (Lipinski definition) is 3. The zero-order valence-corrected chi connectivity index (χ0v) is 16.9. The zero-order chi connectivity index (χ0) is 18.7. The maximum absolute atomic E-state index is 8.94. The van der Waals surface area contributed by atoms with Crippen molar-refractivity contribution in [1.82, 2.24) is 19.6 Å². The Kier molecular flexibility index (Phi) is 6.65. The number of aryl methyl sites for hydroxylation is 2. The van der Waals surface area contributed by atoms with E-state index in [9.17, 15) is 0 Å². The largest absolute Gasteiger partial charge is 0.390 e. The Morgan fingerprint density at radius 2 is 1.25 bits per heavy atom. The van der Waals surface area contributed by atoms with E-state index < -0.39 is 0 Å². The van der Waals surface area contributed by atoms with Gasteiger partial charge in [0.25, 0.3) is 0 Å². The van der Waals surface area contributed by atoms with Gasteiger partial charge in [0.2, 0.25) is 0 Å². The molecule has 0 fully saturated rings. The van der Waals surface area contributed by atoms with E-state index in [1.807, 2.05) is 24.8 Å². The molecule has 2 aromatic heterocycles. The van der Waals surface area contributed by atoms with E-state index in [2.05, 4.69) is 57.8 Å². The maximum atomic E-state index is 8.94. The number of rotatable bonds is 2. The molecule has 0 saturated heterocycles. The first kappa shape index (κ1) is 20.7. The molecule has 0 aliphatic heterocycles. The number of halogens is 1. The number of nitrogens with zero attached hydrogens (tertiary/aromatic N) is 4. The summed E-state index contributed by atoms with van der Waals surface area (Å²) in [6.07, 6.45) is 0. The van der Waals surface area contributed by atoms with Crippen LogP contribution in [0.15, 0.2) is 12.1 Å². The Morgan fingerprint density at radius 3 is 1.46 bits per heavy atom. The predicted molar refractivity (Wildman–Crippen MR) is 99.3 cm³/mol. The molecule has 2 aromatic rings. The van der Waals surface area contributed by atoms with Gasteiger partial charge < -0.3 is 5.11 Å². The van der Waals surface area contributed by atoms with E-state index in [0.717, 1.165) is 22.8 Å². The van der Waals surface area contributed by atoms with Crippen LogP contribution in [0.5, 0.6) is 0 Å². The first-order valence-corrected chi connectivity index (χ1v) is 8.67. The van der Waals surface area contributed by atoms with Gasteiger partial charge in [-0.3, -0.25) is 9.36 Å². The molecule has 0 aliphatic carbocycles. The third-order valence-corrected chi connectivity index (χ3v) is 4.06. The van der Waals surface area contributed by atoms with Crippen LogP contribution in [-0.4, -0.2) is 24.7 Å². The second kappa shape index (κ2) is 7.70. The van der Waals surface area contributed by atoms with Crippen molar-refractivity contribution in [1.29, 1.82) is 0 Å². The standard InChI is InChI=1S/C9H15ClN2.C9H16N2O/c1-9(2,3)8-5-7(6-10)12(4)11-8;1-9(2,3)8-5-7(6-12)11(4)10-8/h5H,6H2,1-4H3;5,12H,6H2,1-4H3. The molecule has 2 heterocycles. The molecular weight excluding hydrogens is 324 g/mol. The van der Waals surface area contributed by atoms with Gasteiger partial charge in [0.1, 0.15) is 0 Å². The molecule has 24 heavy (non-hydrogen) atoms. The summed E-state index contributed by atoms with van der Waals surface area (Å²) < 4.78 is 3.56. The van der Waals surface area contributed by atoms with E-state index in [-0.39, 0.29) is 17.4 Å². The molecule has 0 unspecified atom stereocenters. The summed E-state index contributed by atoms with van der Waals surface area (Å²) in [5.41, 5.74) is 4.23. The lowest BCUT2D eigenvalue weighted by atomic mass is 9.92. The summed E-state index contributed by atoms with van der Waals surface area (Å²) in [5.74, 6) is 0.527. The van der Waals surface area contributed by atoms with Gasteiger partial charge in [-0.2, -0.15) is 10.2 Å². The Morgan fingerprint density at radius 1 is 0.875 bits per heavy atom. The van der Waals surface area contributed by atoms with Crippen LogP contribution < -0.4 is 0 Å². The molecule has 136 valence electrons. The predicted octanol–water partition coefficient (Wildman–Crippen LogP) is 3.67. The van der Waals surface area contributed by atoms with Gasteiger partial charge in [0, 0.05) is 24.9 Å². The number of aliphatic hydroxyl groups excluding tert-OH is 1. The Labute approximate surface area is 150 Å². The smallest absolute Gasteiger partial charge is 0.0849 e. The maximum Gasteiger partial charge on any atom is 0.0849 e. The minimum absolute atomic E-state index is 0.0551. The van der Waals surface area contributed by atoms with Crippen molar-refractivity contribution >= 4 is 11.6 Å². The fraction of sp³-hybridized carbons (Fsp3) is 0.667. The van der Waals surface area contributed by atoms with Crippen LogP contribution in [0.2, 0.25) is 0 Å². The average molecular weight is 355 g/mol. The SMILES string of the molecule is Cn1nc(C(C)(C)C)cc1CCl.Cn1nc(C(C)(C)C)cc1CO.